The lowest BCUT2D eigenvalue weighted by molar-refractivity contribution is 0.00578. The maximum Gasteiger partial charge on any atom is 0.496 e. The summed E-state index contributed by atoms with van der Waals surface area (Å²) >= 11 is 0. The van der Waals surface area contributed by atoms with Gasteiger partial charge in [-0.25, -0.2) is 9.78 Å². The highest BCUT2D eigenvalue weighted by atomic mass is 16.7. The molecule has 2 aliphatic rings. The van der Waals surface area contributed by atoms with Crippen LogP contribution in [-0.2, 0) is 16.4 Å². The third-order valence-electron chi connectivity index (χ3n) is 5.29. The van der Waals surface area contributed by atoms with E-state index in [0.29, 0.717) is 17.1 Å². The van der Waals surface area contributed by atoms with Crippen LogP contribution in [0.1, 0.15) is 52.1 Å². The minimum atomic E-state index is -0.488. The third kappa shape index (κ3) is 2.17. The molecule has 23 heavy (non-hydrogen) atoms. The van der Waals surface area contributed by atoms with Crippen LogP contribution in [0.5, 0.6) is 0 Å². The zero-order chi connectivity index (χ0) is 16.6. The molecule has 2 fully saturated rings. The Balaban J connectivity index is 1.86. The fourth-order valence-electron chi connectivity index (χ4n) is 2.92. The number of aryl methyl sites for hydroxylation is 1. The van der Waals surface area contributed by atoms with Crippen LogP contribution in [0.3, 0.4) is 0 Å². The molecule has 2 aromatic heterocycles. The van der Waals surface area contributed by atoms with Crippen LogP contribution in [-0.4, -0.2) is 27.9 Å². The summed E-state index contributed by atoms with van der Waals surface area (Å²) in [5, 5.41) is 0. The van der Waals surface area contributed by atoms with Crippen molar-refractivity contribution in [2.45, 2.75) is 57.7 Å². The van der Waals surface area contributed by atoms with Crippen molar-refractivity contribution in [3.63, 3.8) is 0 Å². The lowest BCUT2D eigenvalue weighted by Gasteiger charge is -2.32. The highest BCUT2D eigenvalue weighted by molar-refractivity contribution is 6.62. The van der Waals surface area contributed by atoms with Gasteiger partial charge in [0.1, 0.15) is 0 Å². The number of fused-ring (bicyclic) bond motifs is 1. The molecular weight excluding hydrogens is 295 g/mol. The second-order valence-corrected chi connectivity index (χ2v) is 7.57. The molecule has 1 saturated heterocycles. The minimum Gasteiger partial charge on any atom is -0.406 e. The molecule has 1 aliphatic carbocycles. The van der Waals surface area contributed by atoms with Gasteiger partial charge in [-0.2, -0.15) is 0 Å². The number of hydrogen-bond donors (Lipinski definition) is 0. The molecule has 0 N–H and O–H groups in total. The molecule has 4 rings (SSSR count). The Kier molecular flexibility index (Phi) is 2.92. The van der Waals surface area contributed by atoms with Gasteiger partial charge < -0.3 is 13.7 Å². The van der Waals surface area contributed by atoms with Gasteiger partial charge in [0.15, 0.2) is 11.2 Å². The van der Waals surface area contributed by atoms with Crippen molar-refractivity contribution in [1.82, 2.24) is 9.55 Å². The average molecular weight is 316 g/mol. The van der Waals surface area contributed by atoms with Gasteiger partial charge in [0.25, 0.3) is 0 Å². The smallest absolute Gasteiger partial charge is 0.406 e. The molecule has 1 saturated carbocycles. The van der Waals surface area contributed by atoms with Crippen molar-refractivity contribution in [3.8, 4) is 0 Å². The fraction of sp³-hybridized carbons (Fsp3) is 0.625. The Morgan fingerprint density at radius 2 is 1.83 bits per heavy atom. The standard InChI is InChI=1S/C16H21BN2O4/c1-15(2)16(3,4)23-17(22-15)10-8-11-13(19(5)14(20)21-11)18-12(10)9-6-7-9/h8-9H,6-7H2,1-5H3. The second kappa shape index (κ2) is 4.48. The maximum atomic E-state index is 11.8. The van der Waals surface area contributed by atoms with Crippen molar-refractivity contribution in [2.75, 3.05) is 0 Å². The number of aromatic nitrogens is 2. The van der Waals surface area contributed by atoms with E-state index in [1.165, 1.54) is 4.57 Å². The van der Waals surface area contributed by atoms with Crippen LogP contribution in [0.2, 0.25) is 0 Å². The summed E-state index contributed by atoms with van der Waals surface area (Å²) in [5.41, 5.74) is 2.08. The van der Waals surface area contributed by atoms with Gasteiger partial charge in [0.2, 0.25) is 0 Å². The van der Waals surface area contributed by atoms with E-state index in [1.807, 2.05) is 33.8 Å². The summed E-state index contributed by atoms with van der Waals surface area (Å²) in [4.78, 5) is 16.5. The van der Waals surface area contributed by atoms with Gasteiger partial charge >= 0.3 is 12.9 Å². The van der Waals surface area contributed by atoms with Gasteiger partial charge in [-0.1, -0.05) is 0 Å². The average Bonchev–Trinajstić information content (AvgIpc) is 3.21. The van der Waals surface area contributed by atoms with E-state index in [1.54, 1.807) is 7.05 Å². The first kappa shape index (κ1) is 15.0. The predicted octanol–water partition coefficient (Wildman–Crippen LogP) is 1.70. The number of rotatable bonds is 2. The summed E-state index contributed by atoms with van der Waals surface area (Å²) in [6, 6.07) is 1.86. The van der Waals surface area contributed by atoms with Gasteiger partial charge in [-0.3, -0.25) is 4.57 Å². The van der Waals surface area contributed by atoms with Crippen molar-refractivity contribution in [2.24, 2.45) is 7.05 Å². The van der Waals surface area contributed by atoms with E-state index in [0.717, 1.165) is 24.0 Å². The van der Waals surface area contributed by atoms with Crippen LogP contribution in [0.25, 0.3) is 11.2 Å². The number of hydrogen-bond acceptors (Lipinski definition) is 5. The van der Waals surface area contributed by atoms with E-state index < -0.39 is 24.1 Å². The van der Waals surface area contributed by atoms with Crippen LogP contribution in [0, 0.1) is 0 Å². The zero-order valence-corrected chi connectivity index (χ0v) is 14.2. The molecule has 0 atom stereocenters. The van der Waals surface area contributed by atoms with E-state index in [-0.39, 0.29) is 0 Å². The lowest BCUT2D eigenvalue weighted by Crippen LogP contribution is -2.41. The molecule has 7 heteroatoms. The predicted molar refractivity (Wildman–Crippen MR) is 86.9 cm³/mol. The van der Waals surface area contributed by atoms with Crippen molar-refractivity contribution in [3.05, 3.63) is 22.3 Å². The monoisotopic (exact) mass is 316 g/mol. The largest absolute Gasteiger partial charge is 0.496 e. The van der Waals surface area contributed by atoms with E-state index in [4.69, 9.17) is 18.7 Å². The zero-order valence-electron chi connectivity index (χ0n) is 14.2. The molecule has 0 amide bonds. The molecule has 0 radical (unpaired) electrons. The summed E-state index contributed by atoms with van der Waals surface area (Å²) in [7, 11) is 1.18. The Hall–Kier alpha value is -1.60. The third-order valence-corrected chi connectivity index (χ3v) is 5.29. The van der Waals surface area contributed by atoms with Crippen molar-refractivity contribution in [1.29, 1.82) is 0 Å². The quantitative estimate of drug-likeness (QED) is 0.789. The van der Waals surface area contributed by atoms with Crippen LogP contribution < -0.4 is 11.2 Å². The summed E-state index contributed by atoms with van der Waals surface area (Å²) in [6.45, 7) is 8.10. The molecule has 0 aromatic carbocycles. The van der Waals surface area contributed by atoms with E-state index in [2.05, 4.69) is 0 Å². The first-order valence-electron chi connectivity index (χ1n) is 8.05. The normalized spacial score (nSPS) is 22.9. The highest BCUT2D eigenvalue weighted by Crippen LogP contribution is 2.41. The number of oxazole rings is 1. The number of pyridine rings is 1. The second-order valence-electron chi connectivity index (χ2n) is 7.57. The van der Waals surface area contributed by atoms with Crippen LogP contribution in [0.15, 0.2) is 15.3 Å². The fourth-order valence-corrected chi connectivity index (χ4v) is 2.92. The van der Waals surface area contributed by atoms with Crippen LogP contribution >= 0.6 is 0 Å². The Morgan fingerprint density at radius 1 is 1.22 bits per heavy atom. The van der Waals surface area contributed by atoms with Crippen LogP contribution in [0.4, 0.5) is 0 Å². The molecule has 0 spiro atoms. The topological polar surface area (TPSA) is 66.5 Å². The first-order valence-corrected chi connectivity index (χ1v) is 8.05. The highest BCUT2D eigenvalue weighted by Gasteiger charge is 2.53. The van der Waals surface area contributed by atoms with Gasteiger partial charge in [0, 0.05) is 24.1 Å². The number of nitrogens with zero attached hydrogens (tertiary/aromatic N) is 2. The first-order chi connectivity index (χ1) is 10.7. The van der Waals surface area contributed by atoms with E-state index >= 15 is 0 Å². The minimum absolute atomic E-state index is 0.402. The van der Waals surface area contributed by atoms with Crippen molar-refractivity contribution < 1.29 is 13.7 Å². The van der Waals surface area contributed by atoms with Gasteiger partial charge in [-0.15, -0.1) is 0 Å². The summed E-state index contributed by atoms with van der Waals surface area (Å²) < 4.78 is 19.1. The summed E-state index contributed by atoms with van der Waals surface area (Å²) in [5.74, 6) is 0.0127. The molecule has 3 heterocycles. The Morgan fingerprint density at radius 3 is 2.39 bits per heavy atom. The molecule has 0 unspecified atom stereocenters. The SMILES string of the molecule is Cn1c(=O)oc2cc(B3OC(C)(C)C(C)(C)O3)c(C3CC3)nc21. The molecule has 1 aliphatic heterocycles. The van der Waals surface area contributed by atoms with Gasteiger partial charge in [0.05, 0.1) is 11.2 Å². The lowest BCUT2D eigenvalue weighted by atomic mass is 9.76. The molecule has 122 valence electrons. The molecule has 2 aromatic rings. The Bertz CT molecular complexity index is 832. The Labute approximate surface area is 134 Å². The summed E-state index contributed by atoms with van der Waals surface area (Å²) in [6.07, 6.45) is 2.22. The molecule has 0 bridgehead atoms. The molecular formula is C16H21BN2O4. The van der Waals surface area contributed by atoms with Crippen molar-refractivity contribution >= 4 is 23.8 Å². The van der Waals surface area contributed by atoms with E-state index in [9.17, 15) is 4.79 Å². The maximum absolute atomic E-state index is 11.8. The molecule has 6 nitrogen and oxygen atoms in total. The van der Waals surface area contributed by atoms with Gasteiger partial charge in [-0.05, 0) is 46.6 Å².